The molecule has 2 N–H and O–H groups in total. The summed E-state index contributed by atoms with van der Waals surface area (Å²) in [6.07, 6.45) is 2.77. The molecule has 0 aromatic rings. The maximum absolute atomic E-state index is 12.1. The average Bonchev–Trinajstić information content (AvgIpc) is 2.35. The van der Waals surface area contributed by atoms with E-state index in [1.807, 2.05) is 4.90 Å². The number of nitrogens with zero attached hydrogens (tertiary/aromatic N) is 2. The van der Waals surface area contributed by atoms with Gasteiger partial charge >= 0.3 is 0 Å². The van der Waals surface area contributed by atoms with Gasteiger partial charge < -0.3 is 20.3 Å². The molecule has 0 aliphatic carbocycles. The van der Waals surface area contributed by atoms with Crippen molar-refractivity contribution < 1.29 is 9.53 Å². The number of nitrogens with two attached hydrogens (primary N) is 1. The molecule has 0 saturated carbocycles. The summed E-state index contributed by atoms with van der Waals surface area (Å²) in [6.45, 7) is 3.35. The summed E-state index contributed by atoms with van der Waals surface area (Å²) in [5, 5.41) is 0. The molecule has 0 radical (unpaired) electrons. The van der Waals surface area contributed by atoms with E-state index in [0.29, 0.717) is 18.9 Å². The Morgan fingerprint density at radius 3 is 2.56 bits per heavy atom. The molecule has 1 atom stereocenters. The summed E-state index contributed by atoms with van der Waals surface area (Å²) >= 11 is 0. The van der Waals surface area contributed by atoms with E-state index in [4.69, 9.17) is 10.5 Å². The second-order valence-corrected chi connectivity index (χ2v) is 5.42. The van der Waals surface area contributed by atoms with Crippen molar-refractivity contribution in [2.24, 2.45) is 11.7 Å². The monoisotopic (exact) mass is 257 g/mol. The van der Waals surface area contributed by atoms with Crippen molar-refractivity contribution in [1.82, 2.24) is 9.80 Å². The van der Waals surface area contributed by atoms with E-state index >= 15 is 0 Å². The van der Waals surface area contributed by atoms with Crippen molar-refractivity contribution in [3.63, 3.8) is 0 Å². The third kappa shape index (κ3) is 4.92. The Balaban J connectivity index is 2.31. The molecule has 1 unspecified atom stereocenters. The van der Waals surface area contributed by atoms with E-state index in [-0.39, 0.29) is 5.91 Å². The highest BCUT2D eigenvalue weighted by Crippen LogP contribution is 2.18. The van der Waals surface area contributed by atoms with Gasteiger partial charge in [-0.05, 0) is 39.3 Å². The Morgan fingerprint density at radius 2 is 2.06 bits per heavy atom. The van der Waals surface area contributed by atoms with Gasteiger partial charge in [-0.15, -0.1) is 0 Å². The van der Waals surface area contributed by atoms with Gasteiger partial charge in [0.15, 0.2) is 0 Å². The van der Waals surface area contributed by atoms with Gasteiger partial charge in [0.05, 0.1) is 6.04 Å². The summed E-state index contributed by atoms with van der Waals surface area (Å²) in [6, 6.07) is -0.407. The highest BCUT2D eigenvalue weighted by Gasteiger charge is 2.26. The molecule has 0 aromatic carbocycles. The molecule has 106 valence electrons. The minimum atomic E-state index is -0.407. The van der Waals surface area contributed by atoms with E-state index in [2.05, 4.69) is 19.0 Å². The molecule has 0 aromatic heterocycles. The third-order valence-corrected chi connectivity index (χ3v) is 3.50. The lowest BCUT2D eigenvalue weighted by molar-refractivity contribution is -0.134. The maximum atomic E-state index is 12.1. The van der Waals surface area contributed by atoms with E-state index in [9.17, 15) is 4.79 Å². The lowest BCUT2D eigenvalue weighted by Gasteiger charge is -2.34. The van der Waals surface area contributed by atoms with Crippen LogP contribution in [-0.2, 0) is 9.53 Å². The Kier molecular flexibility index (Phi) is 6.60. The predicted molar refractivity (Wildman–Crippen MR) is 72.3 cm³/mol. The second-order valence-electron chi connectivity index (χ2n) is 5.42. The van der Waals surface area contributed by atoms with Gasteiger partial charge in [-0.25, -0.2) is 0 Å². The first-order valence-electron chi connectivity index (χ1n) is 6.72. The van der Waals surface area contributed by atoms with Crippen molar-refractivity contribution in [2.45, 2.75) is 25.3 Å². The van der Waals surface area contributed by atoms with Crippen molar-refractivity contribution >= 4 is 5.91 Å². The van der Waals surface area contributed by atoms with E-state index < -0.39 is 6.04 Å². The summed E-state index contributed by atoms with van der Waals surface area (Å²) in [4.78, 5) is 16.2. The van der Waals surface area contributed by atoms with Crippen LogP contribution >= 0.6 is 0 Å². The van der Waals surface area contributed by atoms with Crippen LogP contribution in [0.15, 0.2) is 0 Å². The normalized spacial score (nSPS) is 19.3. The number of hydrogen-bond acceptors (Lipinski definition) is 4. The number of amides is 1. The predicted octanol–water partition coefficient (Wildman–Crippen LogP) is 0.150. The number of hydrogen-bond donors (Lipinski definition) is 1. The molecule has 1 heterocycles. The smallest absolute Gasteiger partial charge is 0.239 e. The number of ether oxygens (including phenoxy) is 1. The summed E-state index contributed by atoms with van der Waals surface area (Å²) < 4.78 is 4.95. The van der Waals surface area contributed by atoms with Gasteiger partial charge in [0, 0.05) is 33.4 Å². The zero-order chi connectivity index (χ0) is 13.5. The van der Waals surface area contributed by atoms with Crippen molar-refractivity contribution in [3.05, 3.63) is 0 Å². The minimum Gasteiger partial charge on any atom is -0.385 e. The first kappa shape index (κ1) is 15.4. The maximum Gasteiger partial charge on any atom is 0.239 e. The zero-order valence-electron chi connectivity index (χ0n) is 11.9. The number of methoxy groups -OCH3 is 1. The molecular weight excluding hydrogens is 230 g/mol. The molecule has 5 heteroatoms. The van der Waals surface area contributed by atoms with Crippen LogP contribution in [0, 0.1) is 5.92 Å². The Bertz CT molecular complexity index is 251. The fourth-order valence-electron chi connectivity index (χ4n) is 2.46. The molecule has 1 amide bonds. The molecule has 1 rings (SSSR count). The quantitative estimate of drug-likeness (QED) is 0.736. The van der Waals surface area contributed by atoms with Crippen LogP contribution < -0.4 is 5.73 Å². The standard InChI is InChI=1S/C13H27N3O2/c1-15(2)10-11-4-7-16(8-5-11)13(17)12(14)6-9-18-3/h11-12H,4-10,14H2,1-3H3. The number of carbonyl (C=O) groups excluding carboxylic acids is 1. The summed E-state index contributed by atoms with van der Waals surface area (Å²) in [5.74, 6) is 0.787. The van der Waals surface area contributed by atoms with Crippen LogP contribution in [0.25, 0.3) is 0 Å². The fourth-order valence-corrected chi connectivity index (χ4v) is 2.46. The van der Waals surface area contributed by atoms with E-state index in [1.165, 1.54) is 0 Å². The number of piperidine rings is 1. The summed E-state index contributed by atoms with van der Waals surface area (Å²) in [7, 11) is 5.82. The van der Waals surface area contributed by atoms with Crippen LogP contribution in [0.4, 0.5) is 0 Å². The molecule has 0 bridgehead atoms. The van der Waals surface area contributed by atoms with Crippen molar-refractivity contribution in [3.8, 4) is 0 Å². The van der Waals surface area contributed by atoms with Gasteiger partial charge in [0.25, 0.3) is 0 Å². The number of rotatable bonds is 6. The SMILES string of the molecule is COCCC(N)C(=O)N1CCC(CN(C)C)CC1. The highest BCUT2D eigenvalue weighted by molar-refractivity contribution is 5.81. The first-order valence-corrected chi connectivity index (χ1v) is 6.72. The molecule has 18 heavy (non-hydrogen) atoms. The molecule has 1 saturated heterocycles. The second kappa shape index (κ2) is 7.71. The lowest BCUT2D eigenvalue weighted by Crippen LogP contribution is -2.48. The van der Waals surface area contributed by atoms with Crippen molar-refractivity contribution in [2.75, 3.05) is 47.4 Å². The topological polar surface area (TPSA) is 58.8 Å². The van der Waals surface area contributed by atoms with Gasteiger partial charge in [-0.3, -0.25) is 4.79 Å². The van der Waals surface area contributed by atoms with E-state index in [1.54, 1.807) is 7.11 Å². The van der Waals surface area contributed by atoms with Crippen LogP contribution in [0.1, 0.15) is 19.3 Å². The van der Waals surface area contributed by atoms with Gasteiger partial charge in [0.1, 0.15) is 0 Å². The van der Waals surface area contributed by atoms with Crippen LogP contribution in [-0.4, -0.2) is 69.2 Å². The minimum absolute atomic E-state index is 0.0790. The van der Waals surface area contributed by atoms with Gasteiger partial charge in [0.2, 0.25) is 5.91 Å². The third-order valence-electron chi connectivity index (χ3n) is 3.50. The van der Waals surface area contributed by atoms with E-state index in [0.717, 1.165) is 32.5 Å². The fraction of sp³-hybridized carbons (Fsp3) is 0.923. The summed E-state index contributed by atoms with van der Waals surface area (Å²) in [5.41, 5.74) is 5.87. The largest absolute Gasteiger partial charge is 0.385 e. The molecule has 0 spiro atoms. The molecule has 1 aliphatic heterocycles. The van der Waals surface area contributed by atoms with Crippen LogP contribution in [0.3, 0.4) is 0 Å². The lowest BCUT2D eigenvalue weighted by atomic mass is 9.96. The number of carbonyl (C=O) groups is 1. The molecule has 5 nitrogen and oxygen atoms in total. The highest BCUT2D eigenvalue weighted by atomic mass is 16.5. The molecular formula is C13H27N3O2. The first-order chi connectivity index (χ1) is 8.54. The Labute approximate surface area is 110 Å². The van der Waals surface area contributed by atoms with Gasteiger partial charge in [-0.1, -0.05) is 0 Å². The van der Waals surface area contributed by atoms with Crippen molar-refractivity contribution in [1.29, 1.82) is 0 Å². The zero-order valence-corrected chi connectivity index (χ0v) is 11.9. The van der Waals surface area contributed by atoms with Crippen LogP contribution in [0.2, 0.25) is 0 Å². The van der Waals surface area contributed by atoms with Gasteiger partial charge in [-0.2, -0.15) is 0 Å². The van der Waals surface area contributed by atoms with Crippen LogP contribution in [0.5, 0.6) is 0 Å². The Hall–Kier alpha value is -0.650. The molecule has 1 fully saturated rings. The number of likely N-dealkylation sites (tertiary alicyclic amines) is 1. The Morgan fingerprint density at radius 1 is 1.44 bits per heavy atom. The average molecular weight is 257 g/mol. The molecule has 1 aliphatic rings.